The Morgan fingerprint density at radius 2 is 1.83 bits per heavy atom. The van der Waals surface area contributed by atoms with E-state index in [9.17, 15) is 18.0 Å². The highest BCUT2D eigenvalue weighted by Gasteiger charge is 2.36. The first-order valence-corrected chi connectivity index (χ1v) is 9.67. The number of benzene rings is 2. The van der Waals surface area contributed by atoms with Crippen LogP contribution in [0, 0.1) is 13.8 Å². The first-order valence-electron chi connectivity index (χ1n) is 9.29. The van der Waals surface area contributed by atoms with Gasteiger partial charge in [0.25, 0.3) is 0 Å². The molecule has 158 valence electrons. The van der Waals surface area contributed by atoms with Gasteiger partial charge in [0.05, 0.1) is 16.8 Å². The summed E-state index contributed by atoms with van der Waals surface area (Å²) in [7, 11) is 0. The summed E-state index contributed by atoms with van der Waals surface area (Å²) in [6.45, 7) is 5.08. The van der Waals surface area contributed by atoms with Crippen LogP contribution in [0.3, 0.4) is 0 Å². The van der Waals surface area contributed by atoms with Crippen LogP contribution in [0.4, 0.5) is 13.2 Å². The fraction of sp³-hybridized carbons (Fsp3) is 0.273. The molecule has 0 amide bonds. The Labute approximate surface area is 177 Å². The number of hydrogen-bond donors (Lipinski definition) is 0. The summed E-state index contributed by atoms with van der Waals surface area (Å²) < 4.78 is 47.4. The van der Waals surface area contributed by atoms with Gasteiger partial charge in [0.15, 0.2) is 0 Å². The molecule has 1 heterocycles. The molecule has 0 unspecified atom stereocenters. The summed E-state index contributed by atoms with van der Waals surface area (Å²) in [5.41, 5.74) is -0.0366. The van der Waals surface area contributed by atoms with E-state index in [-0.39, 0.29) is 39.8 Å². The van der Waals surface area contributed by atoms with Gasteiger partial charge in [0, 0.05) is 12.1 Å². The molecule has 0 aliphatic heterocycles. The minimum atomic E-state index is -4.56. The van der Waals surface area contributed by atoms with Crippen LogP contribution in [-0.2, 0) is 19.3 Å². The highest BCUT2D eigenvalue weighted by atomic mass is 35.5. The quantitative estimate of drug-likeness (QED) is 0.445. The van der Waals surface area contributed by atoms with Crippen LogP contribution in [0.5, 0.6) is 5.88 Å². The Balaban J connectivity index is 2.01. The molecule has 3 aromatic rings. The zero-order valence-electron chi connectivity index (χ0n) is 16.7. The van der Waals surface area contributed by atoms with Crippen LogP contribution in [0.2, 0.25) is 5.02 Å². The number of rotatable bonds is 6. The number of ketones is 1. The summed E-state index contributed by atoms with van der Waals surface area (Å²) in [4.78, 5) is 13.2. The Hall–Kier alpha value is -2.80. The second-order valence-corrected chi connectivity index (χ2v) is 7.21. The third-order valence-electron chi connectivity index (χ3n) is 4.78. The van der Waals surface area contributed by atoms with Gasteiger partial charge in [-0.05, 0) is 43.5 Å². The summed E-state index contributed by atoms with van der Waals surface area (Å²) in [5, 5.41) is 3.95. The zero-order chi connectivity index (χ0) is 22.1. The lowest BCUT2D eigenvalue weighted by atomic mass is 9.95. The lowest BCUT2D eigenvalue weighted by Crippen LogP contribution is -2.14. The molecule has 2 aromatic carbocycles. The molecule has 0 aliphatic rings. The van der Waals surface area contributed by atoms with Gasteiger partial charge < -0.3 is 4.74 Å². The second kappa shape index (κ2) is 8.52. The van der Waals surface area contributed by atoms with Crippen molar-refractivity contribution in [1.29, 1.82) is 0 Å². The van der Waals surface area contributed by atoms with Crippen LogP contribution >= 0.6 is 11.6 Å². The van der Waals surface area contributed by atoms with Crippen molar-refractivity contribution in [1.82, 2.24) is 9.78 Å². The Morgan fingerprint density at radius 3 is 2.43 bits per heavy atom. The van der Waals surface area contributed by atoms with E-state index in [0.717, 1.165) is 5.56 Å². The predicted molar refractivity (Wildman–Crippen MR) is 108 cm³/mol. The van der Waals surface area contributed by atoms with E-state index >= 15 is 0 Å². The molecule has 0 saturated carbocycles. The van der Waals surface area contributed by atoms with Crippen molar-refractivity contribution in [2.24, 2.45) is 0 Å². The topological polar surface area (TPSA) is 44.1 Å². The van der Waals surface area contributed by atoms with E-state index in [4.69, 9.17) is 16.3 Å². The molecule has 0 N–H and O–H groups in total. The normalized spacial score (nSPS) is 11.6. The summed E-state index contributed by atoms with van der Waals surface area (Å²) in [6, 6.07) is 10.6. The molecular formula is C22H20ClF3N2O2. The van der Waals surface area contributed by atoms with Crippen molar-refractivity contribution < 1.29 is 22.7 Å². The second-order valence-electron chi connectivity index (χ2n) is 6.84. The van der Waals surface area contributed by atoms with Crippen LogP contribution in [0.1, 0.15) is 45.1 Å². The molecule has 0 saturated heterocycles. The molecular weight excluding hydrogens is 417 g/mol. The number of alkyl halides is 3. The van der Waals surface area contributed by atoms with E-state index in [1.54, 1.807) is 0 Å². The van der Waals surface area contributed by atoms with Gasteiger partial charge >= 0.3 is 6.18 Å². The number of aromatic nitrogens is 2. The molecule has 1 aromatic heterocycles. The van der Waals surface area contributed by atoms with Gasteiger partial charge in [-0.1, -0.05) is 41.9 Å². The van der Waals surface area contributed by atoms with Gasteiger partial charge in [0.2, 0.25) is 11.7 Å². The van der Waals surface area contributed by atoms with Crippen LogP contribution in [-0.4, -0.2) is 15.6 Å². The molecule has 0 aliphatic carbocycles. The summed E-state index contributed by atoms with van der Waals surface area (Å²) >= 11 is 6.20. The molecule has 0 spiro atoms. The molecule has 0 radical (unpaired) electrons. The molecule has 30 heavy (non-hydrogen) atoms. The third-order valence-corrected chi connectivity index (χ3v) is 5.26. The lowest BCUT2D eigenvalue weighted by molar-refractivity contribution is -0.138. The maximum absolute atomic E-state index is 13.3. The average molecular weight is 437 g/mol. The van der Waals surface area contributed by atoms with Gasteiger partial charge in [-0.25, -0.2) is 4.68 Å². The highest BCUT2D eigenvalue weighted by molar-refractivity contribution is 6.36. The van der Waals surface area contributed by atoms with Crippen molar-refractivity contribution in [2.75, 3.05) is 0 Å². The highest BCUT2D eigenvalue weighted by Crippen LogP contribution is 2.39. The SMILES string of the molecule is CCn1ncc(C(=O)c2cc(C)c(C(F)(F)F)c(C)c2Cl)c1OCc1ccccc1. The molecule has 0 atom stereocenters. The number of ether oxygens (including phenoxy) is 1. The van der Waals surface area contributed by atoms with E-state index in [1.807, 2.05) is 37.3 Å². The fourth-order valence-electron chi connectivity index (χ4n) is 3.34. The maximum atomic E-state index is 13.3. The Morgan fingerprint density at radius 1 is 1.17 bits per heavy atom. The van der Waals surface area contributed by atoms with Crippen molar-refractivity contribution in [3.8, 4) is 5.88 Å². The number of carbonyl (C=O) groups excluding carboxylic acids is 1. The van der Waals surface area contributed by atoms with E-state index < -0.39 is 17.5 Å². The van der Waals surface area contributed by atoms with Gasteiger partial charge in [-0.3, -0.25) is 4.79 Å². The number of hydrogen-bond acceptors (Lipinski definition) is 3. The Bertz CT molecular complexity index is 1080. The van der Waals surface area contributed by atoms with Crippen molar-refractivity contribution >= 4 is 17.4 Å². The summed E-state index contributed by atoms with van der Waals surface area (Å²) in [6.07, 6.45) is -3.21. The zero-order valence-corrected chi connectivity index (χ0v) is 17.4. The predicted octanol–water partition coefficient (Wildman–Crippen LogP) is 6.00. The molecule has 3 rings (SSSR count). The van der Waals surface area contributed by atoms with Gasteiger partial charge in [-0.15, -0.1) is 0 Å². The largest absolute Gasteiger partial charge is 0.472 e. The smallest absolute Gasteiger partial charge is 0.416 e. The van der Waals surface area contributed by atoms with Crippen LogP contribution in [0.15, 0.2) is 42.6 Å². The van der Waals surface area contributed by atoms with Crippen molar-refractivity contribution in [3.05, 3.63) is 81.0 Å². The molecule has 4 nitrogen and oxygen atoms in total. The monoisotopic (exact) mass is 436 g/mol. The maximum Gasteiger partial charge on any atom is 0.416 e. The standard InChI is InChI=1S/C22H20ClF3N2O2/c1-4-28-21(30-12-15-8-6-5-7-9-15)17(11-27-28)20(29)16-10-13(2)18(22(24,25)26)14(3)19(16)23/h5-11H,4,12H2,1-3H3. The van der Waals surface area contributed by atoms with Gasteiger partial charge in [-0.2, -0.15) is 18.3 Å². The number of halogens is 4. The van der Waals surface area contributed by atoms with Crippen LogP contribution in [0.25, 0.3) is 0 Å². The van der Waals surface area contributed by atoms with E-state index in [2.05, 4.69) is 5.10 Å². The van der Waals surface area contributed by atoms with Crippen molar-refractivity contribution in [3.63, 3.8) is 0 Å². The number of carbonyl (C=O) groups is 1. The minimum Gasteiger partial charge on any atom is -0.472 e. The average Bonchev–Trinajstić information content (AvgIpc) is 3.11. The first kappa shape index (κ1) is 21.9. The fourth-order valence-corrected chi connectivity index (χ4v) is 3.57. The molecule has 0 bridgehead atoms. The Kier molecular flexibility index (Phi) is 6.22. The third kappa shape index (κ3) is 4.21. The molecule has 8 heteroatoms. The van der Waals surface area contributed by atoms with E-state index in [0.29, 0.717) is 6.54 Å². The summed E-state index contributed by atoms with van der Waals surface area (Å²) in [5.74, 6) is -0.291. The molecule has 0 fully saturated rings. The van der Waals surface area contributed by atoms with Crippen LogP contribution < -0.4 is 4.74 Å². The van der Waals surface area contributed by atoms with E-state index in [1.165, 1.54) is 30.8 Å². The lowest BCUT2D eigenvalue weighted by Gasteiger charge is -2.17. The number of aryl methyl sites for hydroxylation is 2. The number of nitrogens with zero attached hydrogens (tertiary/aromatic N) is 2. The first-order chi connectivity index (χ1) is 14.1. The van der Waals surface area contributed by atoms with Gasteiger partial charge in [0.1, 0.15) is 12.2 Å². The van der Waals surface area contributed by atoms with Crippen molar-refractivity contribution in [2.45, 2.75) is 40.1 Å². The minimum absolute atomic E-state index is 0.0140.